The molecule has 0 aromatic rings. The maximum absolute atomic E-state index is 3.25. The first kappa shape index (κ1) is 15.6. The van der Waals surface area contributed by atoms with E-state index in [1.54, 1.807) is 0 Å². The van der Waals surface area contributed by atoms with Crippen molar-refractivity contribution in [1.29, 1.82) is 0 Å². The molecule has 16 heavy (non-hydrogen) atoms. The zero-order chi connectivity index (χ0) is 12.6. The highest BCUT2D eigenvalue weighted by molar-refractivity contribution is 6.35. The van der Waals surface area contributed by atoms with Gasteiger partial charge in [0.25, 0.3) is 0 Å². The fourth-order valence-electron chi connectivity index (χ4n) is 2.61. The second-order valence-corrected chi connectivity index (χ2v) is 5.65. The first-order valence-corrected chi connectivity index (χ1v) is 6.93. The maximum Gasteiger partial charge on any atom is 0.121 e. The third-order valence-corrected chi connectivity index (χ3v) is 3.53. The van der Waals surface area contributed by atoms with E-state index in [4.69, 9.17) is 0 Å². The summed E-state index contributed by atoms with van der Waals surface area (Å²) in [6, 6.07) is 0. The lowest BCUT2D eigenvalue weighted by Gasteiger charge is -2.24. The highest BCUT2D eigenvalue weighted by Crippen LogP contribution is 2.29. The Morgan fingerprint density at radius 3 is 2.12 bits per heavy atom. The summed E-state index contributed by atoms with van der Waals surface area (Å²) in [6.45, 7) is 13.6. The molecule has 3 unspecified atom stereocenters. The van der Waals surface area contributed by atoms with Gasteiger partial charge in [-0.2, -0.15) is 0 Å². The Morgan fingerprint density at radius 1 is 1.06 bits per heavy atom. The predicted molar refractivity (Wildman–Crippen MR) is 77.2 cm³/mol. The predicted octanol–water partition coefficient (Wildman–Crippen LogP) is 4.38. The van der Waals surface area contributed by atoms with Crippen molar-refractivity contribution in [2.24, 2.45) is 17.8 Å². The zero-order valence-corrected chi connectivity index (χ0v) is 12.1. The third-order valence-electron chi connectivity index (χ3n) is 3.53. The molecule has 3 atom stereocenters. The largest absolute Gasteiger partial charge is 0.121 e. The lowest BCUT2D eigenvalue weighted by atomic mass is 9.58. The summed E-state index contributed by atoms with van der Waals surface area (Å²) in [7, 11) is 1.32. The van der Waals surface area contributed by atoms with Gasteiger partial charge in [0.2, 0.25) is 0 Å². The molecule has 0 spiro atoms. The van der Waals surface area contributed by atoms with Crippen LogP contribution in [0.5, 0.6) is 0 Å². The quantitative estimate of drug-likeness (QED) is 0.441. The van der Waals surface area contributed by atoms with Crippen molar-refractivity contribution in [2.45, 2.75) is 66.5 Å². The zero-order valence-electron chi connectivity index (χ0n) is 12.1. The van der Waals surface area contributed by atoms with Crippen LogP contribution in [-0.2, 0) is 0 Å². The molecule has 0 aliphatic heterocycles. The van der Waals surface area contributed by atoms with Gasteiger partial charge >= 0.3 is 0 Å². The van der Waals surface area contributed by atoms with Crippen molar-refractivity contribution in [3.8, 4) is 11.8 Å². The number of hydrogen-bond acceptors (Lipinski definition) is 0. The van der Waals surface area contributed by atoms with E-state index in [0.29, 0.717) is 5.92 Å². The smallest absolute Gasteiger partial charge is 0.106 e. The first-order chi connectivity index (χ1) is 7.51. The van der Waals surface area contributed by atoms with Crippen LogP contribution in [0.4, 0.5) is 0 Å². The average Bonchev–Trinajstić information content (AvgIpc) is 2.17. The molecule has 0 N–H and O–H groups in total. The Morgan fingerprint density at radius 2 is 1.69 bits per heavy atom. The summed E-state index contributed by atoms with van der Waals surface area (Å²) in [5.74, 6) is 9.44. The van der Waals surface area contributed by atoms with Crippen LogP contribution < -0.4 is 0 Å². The van der Waals surface area contributed by atoms with Gasteiger partial charge in [0, 0.05) is 5.92 Å². The van der Waals surface area contributed by atoms with Gasteiger partial charge in [-0.25, -0.2) is 0 Å². The Bertz CT molecular complexity index is 221. The molecule has 0 nitrogen and oxygen atoms in total. The van der Waals surface area contributed by atoms with E-state index >= 15 is 0 Å². The summed E-state index contributed by atoms with van der Waals surface area (Å²) in [4.78, 5) is 0. The van der Waals surface area contributed by atoms with Crippen LogP contribution in [0.1, 0.15) is 53.9 Å². The van der Waals surface area contributed by atoms with Gasteiger partial charge in [-0.3, -0.25) is 0 Å². The van der Waals surface area contributed by atoms with E-state index < -0.39 is 0 Å². The SMILES string of the molecule is CBC(CCC(C)C#CC)C(C)CC(C)C. The number of hydrogen-bond donors (Lipinski definition) is 0. The Kier molecular flexibility index (Phi) is 8.54. The average molecular weight is 220 g/mol. The van der Waals surface area contributed by atoms with Crippen molar-refractivity contribution in [2.75, 3.05) is 0 Å². The van der Waals surface area contributed by atoms with Gasteiger partial charge in [-0.05, 0) is 31.6 Å². The molecule has 0 aromatic heterocycles. The molecule has 0 fully saturated rings. The molecular formula is C15H29B. The fraction of sp³-hybridized carbons (Fsp3) is 0.867. The third kappa shape index (κ3) is 6.99. The van der Waals surface area contributed by atoms with Crippen LogP contribution in [0.25, 0.3) is 0 Å². The van der Waals surface area contributed by atoms with Crippen molar-refractivity contribution in [1.82, 2.24) is 0 Å². The topological polar surface area (TPSA) is 0 Å². The molecule has 1 heteroatoms. The molecule has 0 saturated heterocycles. The second kappa shape index (κ2) is 8.74. The highest BCUT2D eigenvalue weighted by atomic mass is 14.2. The molecule has 0 heterocycles. The summed E-state index contributed by atoms with van der Waals surface area (Å²) in [5.41, 5.74) is 0. The molecule has 0 aromatic carbocycles. The molecule has 0 bridgehead atoms. The Labute approximate surface area is 104 Å². The van der Waals surface area contributed by atoms with Crippen LogP contribution in [0, 0.1) is 29.6 Å². The Balaban J connectivity index is 4.02. The van der Waals surface area contributed by atoms with E-state index in [-0.39, 0.29) is 0 Å². The number of rotatable bonds is 7. The minimum absolute atomic E-state index is 0.574. The monoisotopic (exact) mass is 220 g/mol. The molecule has 0 amide bonds. The van der Waals surface area contributed by atoms with Crippen LogP contribution in [0.3, 0.4) is 0 Å². The van der Waals surface area contributed by atoms with Crippen LogP contribution in [0.15, 0.2) is 0 Å². The standard InChI is InChI=1S/C15H29B/c1-7-8-13(4)9-10-15(16-6)14(5)11-12(2)3/h12-16H,9-11H2,1-6H3. The molecule has 0 aliphatic rings. The minimum atomic E-state index is 0.574. The normalized spacial score (nSPS) is 16.2. The molecule has 0 radical (unpaired) electrons. The van der Waals surface area contributed by atoms with Gasteiger partial charge in [0.15, 0.2) is 0 Å². The first-order valence-electron chi connectivity index (χ1n) is 6.93. The molecule has 92 valence electrons. The Hall–Kier alpha value is -0.375. The molecular weight excluding hydrogens is 191 g/mol. The molecule has 0 aliphatic carbocycles. The second-order valence-electron chi connectivity index (χ2n) is 5.65. The lowest BCUT2D eigenvalue weighted by molar-refractivity contribution is 0.392. The van der Waals surface area contributed by atoms with Gasteiger partial charge in [0.1, 0.15) is 7.28 Å². The fourth-order valence-corrected chi connectivity index (χ4v) is 2.61. The summed E-state index contributed by atoms with van der Waals surface area (Å²) in [6.07, 6.45) is 3.98. The van der Waals surface area contributed by atoms with E-state index in [0.717, 1.165) is 17.7 Å². The summed E-state index contributed by atoms with van der Waals surface area (Å²) >= 11 is 0. The molecule has 0 saturated carbocycles. The minimum Gasteiger partial charge on any atom is -0.106 e. The van der Waals surface area contributed by atoms with Crippen LogP contribution in [-0.4, -0.2) is 7.28 Å². The van der Waals surface area contributed by atoms with E-state index in [9.17, 15) is 0 Å². The van der Waals surface area contributed by atoms with Gasteiger partial charge < -0.3 is 0 Å². The van der Waals surface area contributed by atoms with Crippen LogP contribution >= 0.6 is 0 Å². The maximum atomic E-state index is 3.25. The van der Waals surface area contributed by atoms with Crippen molar-refractivity contribution in [3.63, 3.8) is 0 Å². The van der Waals surface area contributed by atoms with E-state index in [1.165, 1.54) is 26.5 Å². The molecule has 0 rings (SSSR count). The highest BCUT2D eigenvalue weighted by Gasteiger charge is 2.17. The van der Waals surface area contributed by atoms with Gasteiger partial charge in [0.05, 0.1) is 0 Å². The van der Waals surface area contributed by atoms with Gasteiger partial charge in [-0.1, -0.05) is 46.8 Å². The lowest BCUT2D eigenvalue weighted by Crippen LogP contribution is -2.14. The van der Waals surface area contributed by atoms with Crippen molar-refractivity contribution in [3.05, 3.63) is 0 Å². The van der Waals surface area contributed by atoms with E-state index in [1.807, 2.05) is 6.92 Å². The van der Waals surface area contributed by atoms with Crippen molar-refractivity contribution >= 4 is 7.28 Å². The van der Waals surface area contributed by atoms with Gasteiger partial charge in [-0.15, -0.1) is 11.8 Å². The van der Waals surface area contributed by atoms with Crippen LogP contribution in [0.2, 0.25) is 12.6 Å². The summed E-state index contributed by atoms with van der Waals surface area (Å²) in [5, 5.41) is 0. The van der Waals surface area contributed by atoms with E-state index in [2.05, 4.69) is 46.4 Å². The summed E-state index contributed by atoms with van der Waals surface area (Å²) < 4.78 is 0. The van der Waals surface area contributed by atoms with Crippen molar-refractivity contribution < 1.29 is 0 Å².